The summed E-state index contributed by atoms with van der Waals surface area (Å²) in [5.41, 5.74) is 1.04. The molecule has 32 heavy (non-hydrogen) atoms. The molecule has 0 bridgehead atoms. The Morgan fingerprint density at radius 2 is 1.84 bits per heavy atom. The van der Waals surface area contributed by atoms with Crippen LogP contribution in [0.1, 0.15) is 11.3 Å². The molecule has 162 valence electrons. The Morgan fingerprint density at radius 3 is 2.50 bits per heavy atom. The van der Waals surface area contributed by atoms with Crippen molar-refractivity contribution >= 4 is 73.8 Å². The number of amides is 2. The summed E-state index contributed by atoms with van der Waals surface area (Å²) >= 11 is 16.4. The van der Waals surface area contributed by atoms with Gasteiger partial charge in [0.25, 0.3) is 16.8 Å². The Kier molecular flexibility index (Phi) is 6.43. The van der Waals surface area contributed by atoms with Crippen LogP contribution in [0.2, 0.25) is 10.0 Å². The van der Waals surface area contributed by atoms with E-state index in [0.29, 0.717) is 37.2 Å². The number of nitro benzene ring substituents is 1. The average Bonchev–Trinajstić information content (AvgIpc) is 3.30. The Hall–Kier alpha value is -2.59. The fourth-order valence-corrected chi connectivity index (χ4v) is 4.90. The molecule has 1 aliphatic rings. The van der Waals surface area contributed by atoms with Gasteiger partial charge in [0.15, 0.2) is 0 Å². The van der Waals surface area contributed by atoms with Crippen LogP contribution < -0.4 is 0 Å². The van der Waals surface area contributed by atoms with Gasteiger partial charge in [0, 0.05) is 43.9 Å². The highest BCUT2D eigenvalue weighted by Crippen LogP contribution is 2.37. The summed E-state index contributed by atoms with van der Waals surface area (Å²) < 4.78 is 6.26. The van der Waals surface area contributed by atoms with Crippen LogP contribution in [-0.2, 0) is 11.3 Å². The lowest BCUT2D eigenvalue weighted by atomic mass is 10.1. The largest absolute Gasteiger partial charge is 0.457 e. The summed E-state index contributed by atoms with van der Waals surface area (Å²) in [6, 6.07) is 12.6. The van der Waals surface area contributed by atoms with Gasteiger partial charge < -0.3 is 4.42 Å². The van der Waals surface area contributed by atoms with Crippen molar-refractivity contribution in [2.75, 3.05) is 0 Å². The molecule has 0 aliphatic carbocycles. The molecule has 0 radical (unpaired) electrons. The number of benzene rings is 2. The number of thioether (sulfide) groups is 1. The molecule has 1 fully saturated rings. The number of carbonyl (C=O) groups excluding carboxylic acids is 2. The van der Waals surface area contributed by atoms with Crippen molar-refractivity contribution in [3.8, 4) is 11.3 Å². The first kappa shape index (κ1) is 22.6. The van der Waals surface area contributed by atoms with Gasteiger partial charge in [-0.1, -0.05) is 29.3 Å². The molecule has 2 aromatic carbocycles. The molecule has 0 N–H and O–H groups in total. The van der Waals surface area contributed by atoms with Gasteiger partial charge in [-0.2, -0.15) is 0 Å². The number of hydrogen-bond donors (Lipinski definition) is 0. The molecule has 2 heterocycles. The van der Waals surface area contributed by atoms with Crippen molar-refractivity contribution in [1.82, 2.24) is 4.90 Å². The molecular weight excluding hydrogens is 543 g/mol. The molecule has 1 saturated heterocycles. The van der Waals surface area contributed by atoms with Crippen LogP contribution in [0.15, 0.2) is 62.3 Å². The lowest BCUT2D eigenvalue weighted by molar-refractivity contribution is -0.384. The van der Waals surface area contributed by atoms with Crippen LogP contribution in [0, 0.1) is 10.1 Å². The van der Waals surface area contributed by atoms with E-state index in [-0.39, 0.29) is 17.1 Å². The summed E-state index contributed by atoms with van der Waals surface area (Å²) in [4.78, 5) is 36.9. The first-order valence-corrected chi connectivity index (χ1v) is 11.3. The van der Waals surface area contributed by atoms with Gasteiger partial charge in [0.1, 0.15) is 11.5 Å². The van der Waals surface area contributed by atoms with Crippen molar-refractivity contribution in [1.29, 1.82) is 0 Å². The highest BCUT2D eigenvalue weighted by Gasteiger charge is 2.36. The minimum absolute atomic E-state index is 0.0420. The maximum Gasteiger partial charge on any atom is 0.293 e. The highest BCUT2D eigenvalue weighted by atomic mass is 79.9. The summed E-state index contributed by atoms with van der Waals surface area (Å²) in [5, 5.41) is 11.2. The zero-order chi connectivity index (χ0) is 23.0. The number of halogens is 3. The Balaban J connectivity index is 1.57. The average molecular weight is 554 g/mol. The van der Waals surface area contributed by atoms with E-state index >= 15 is 0 Å². The highest BCUT2D eigenvalue weighted by molar-refractivity contribution is 9.10. The predicted octanol–water partition coefficient (Wildman–Crippen LogP) is 7.16. The van der Waals surface area contributed by atoms with Crippen LogP contribution in [0.3, 0.4) is 0 Å². The molecule has 0 spiro atoms. The third-order valence-electron chi connectivity index (χ3n) is 4.58. The van der Waals surface area contributed by atoms with E-state index in [1.165, 1.54) is 18.2 Å². The lowest BCUT2D eigenvalue weighted by Gasteiger charge is -2.14. The van der Waals surface area contributed by atoms with E-state index in [4.69, 9.17) is 27.6 Å². The van der Waals surface area contributed by atoms with E-state index in [9.17, 15) is 19.7 Å². The van der Waals surface area contributed by atoms with Crippen molar-refractivity contribution < 1.29 is 18.9 Å². The Morgan fingerprint density at radius 1 is 1.12 bits per heavy atom. The van der Waals surface area contributed by atoms with E-state index in [2.05, 4.69) is 15.9 Å². The van der Waals surface area contributed by atoms with Gasteiger partial charge in [-0.3, -0.25) is 24.6 Å². The summed E-state index contributed by atoms with van der Waals surface area (Å²) in [7, 11) is 0. The molecule has 0 unspecified atom stereocenters. The first-order valence-electron chi connectivity index (χ1n) is 8.97. The maximum atomic E-state index is 12.8. The minimum Gasteiger partial charge on any atom is -0.457 e. The standard InChI is InChI=1S/C21H11BrCl2N2O5S/c22-15-8-11(26(29)30)4-6-13(15)18-7-5-12(31-18)9-19-20(27)25(21(28)32-19)10-14-16(23)2-1-3-17(14)24/h1-9H,10H2/b19-9+. The van der Waals surface area contributed by atoms with Crippen LogP contribution in [0.5, 0.6) is 0 Å². The second-order valence-electron chi connectivity index (χ2n) is 6.59. The van der Waals surface area contributed by atoms with E-state index < -0.39 is 16.1 Å². The van der Waals surface area contributed by atoms with Gasteiger partial charge in [-0.25, -0.2) is 0 Å². The van der Waals surface area contributed by atoms with E-state index in [1.54, 1.807) is 36.4 Å². The third-order valence-corrected chi connectivity index (χ3v) is 6.85. The van der Waals surface area contributed by atoms with E-state index in [0.717, 1.165) is 16.7 Å². The predicted molar refractivity (Wildman–Crippen MR) is 126 cm³/mol. The fraction of sp³-hybridized carbons (Fsp3) is 0.0476. The number of carbonyl (C=O) groups is 2. The number of rotatable bonds is 5. The number of nitrogens with zero attached hydrogens (tertiary/aromatic N) is 2. The number of nitro groups is 1. The van der Waals surface area contributed by atoms with Crippen LogP contribution >= 0.6 is 50.9 Å². The molecule has 3 aromatic rings. The van der Waals surface area contributed by atoms with Crippen molar-refractivity contribution in [3.05, 3.63) is 89.4 Å². The molecule has 1 aliphatic heterocycles. The Labute approximate surface area is 204 Å². The molecule has 2 amide bonds. The topological polar surface area (TPSA) is 93.7 Å². The van der Waals surface area contributed by atoms with Crippen LogP contribution in [-0.4, -0.2) is 21.0 Å². The van der Waals surface area contributed by atoms with E-state index in [1.807, 2.05) is 0 Å². The summed E-state index contributed by atoms with van der Waals surface area (Å²) in [6.07, 6.45) is 1.47. The second kappa shape index (κ2) is 9.11. The SMILES string of the molecule is O=C1S/C(=C/c2ccc(-c3ccc([N+](=O)[O-])cc3Br)o2)C(=O)N1Cc1c(Cl)cccc1Cl. The first-order chi connectivity index (χ1) is 15.2. The van der Waals surface area contributed by atoms with Gasteiger partial charge >= 0.3 is 0 Å². The van der Waals surface area contributed by atoms with Crippen LogP contribution in [0.4, 0.5) is 10.5 Å². The number of imide groups is 1. The molecule has 11 heteroatoms. The molecule has 0 saturated carbocycles. The summed E-state index contributed by atoms with van der Waals surface area (Å²) in [6.45, 7) is -0.0420. The van der Waals surface area contributed by atoms with Gasteiger partial charge in [-0.15, -0.1) is 0 Å². The zero-order valence-corrected chi connectivity index (χ0v) is 19.8. The molecule has 0 atom stereocenters. The van der Waals surface area contributed by atoms with Crippen molar-refractivity contribution in [2.24, 2.45) is 0 Å². The zero-order valence-electron chi connectivity index (χ0n) is 15.9. The maximum absolute atomic E-state index is 12.8. The molecular formula is C21H11BrCl2N2O5S. The number of non-ortho nitro benzene ring substituents is 1. The minimum atomic E-state index is -0.492. The quantitative estimate of drug-likeness (QED) is 0.189. The fourth-order valence-electron chi connectivity index (χ4n) is 3.00. The summed E-state index contributed by atoms with van der Waals surface area (Å²) in [5.74, 6) is 0.317. The normalized spacial score (nSPS) is 15.1. The molecule has 1 aromatic heterocycles. The van der Waals surface area contributed by atoms with Crippen molar-refractivity contribution in [2.45, 2.75) is 6.54 Å². The van der Waals surface area contributed by atoms with Crippen molar-refractivity contribution in [3.63, 3.8) is 0 Å². The van der Waals surface area contributed by atoms with Gasteiger partial charge in [0.2, 0.25) is 0 Å². The number of hydrogen-bond acceptors (Lipinski definition) is 6. The monoisotopic (exact) mass is 552 g/mol. The molecule has 4 rings (SSSR count). The van der Waals surface area contributed by atoms with Gasteiger partial charge in [0.05, 0.1) is 16.4 Å². The second-order valence-corrected chi connectivity index (χ2v) is 9.25. The number of furan rings is 1. The van der Waals surface area contributed by atoms with Gasteiger partial charge in [-0.05, 0) is 58.0 Å². The smallest absolute Gasteiger partial charge is 0.293 e. The Bertz CT molecular complexity index is 1290. The lowest BCUT2D eigenvalue weighted by Crippen LogP contribution is -2.27. The third kappa shape index (κ3) is 4.47. The van der Waals surface area contributed by atoms with Crippen LogP contribution in [0.25, 0.3) is 17.4 Å². The molecule has 7 nitrogen and oxygen atoms in total.